The third-order valence-electron chi connectivity index (χ3n) is 8.58. The van der Waals surface area contributed by atoms with Gasteiger partial charge in [-0.15, -0.1) is 0 Å². The molecule has 0 N–H and O–H groups in total. The number of likely N-dealkylation sites (tertiary alicyclic amines) is 1. The molecule has 0 saturated carbocycles. The SMILES string of the molecule is [C-]#[N+]c1c(-c2c(C)ccc3c2cnn3C2CCCCO2)cc(OC)cc1N1CCC2(CN(C(=O)OC(C)(C)C)C2)C1. The summed E-state index contributed by atoms with van der Waals surface area (Å²) in [5.74, 6) is 0.715. The van der Waals surface area contributed by atoms with Crippen molar-refractivity contribution in [1.82, 2.24) is 14.7 Å². The zero-order valence-electron chi connectivity index (χ0n) is 24.7. The standard InChI is InChI=1S/C32H39N5O4/c1-21-10-11-25-24(17-34-37(25)27-9-7-8-14-40-27)28(21)23-15-22(39-6)16-26(29(23)33-5)35-13-12-32(18-35)19-36(20-32)30(38)41-31(2,3)4/h10-11,15-17,27H,7-9,12-14,18-20H2,1-4,6H3. The summed E-state index contributed by atoms with van der Waals surface area (Å²) in [4.78, 5) is 20.8. The van der Waals surface area contributed by atoms with Crippen LogP contribution in [0.4, 0.5) is 16.2 Å². The Morgan fingerprint density at radius 1 is 1.20 bits per heavy atom. The summed E-state index contributed by atoms with van der Waals surface area (Å²) in [5.41, 5.74) is 4.94. The molecule has 6 rings (SSSR count). The number of nitrogens with zero attached hydrogens (tertiary/aromatic N) is 5. The van der Waals surface area contributed by atoms with Crippen LogP contribution in [0, 0.1) is 18.9 Å². The summed E-state index contributed by atoms with van der Waals surface area (Å²) in [6, 6.07) is 8.17. The van der Waals surface area contributed by atoms with Crippen molar-refractivity contribution in [3.8, 4) is 16.9 Å². The van der Waals surface area contributed by atoms with Gasteiger partial charge >= 0.3 is 6.09 Å². The Morgan fingerprint density at radius 3 is 2.68 bits per heavy atom. The molecular weight excluding hydrogens is 518 g/mol. The first-order chi connectivity index (χ1) is 19.6. The van der Waals surface area contributed by atoms with E-state index in [1.54, 1.807) is 12.0 Å². The van der Waals surface area contributed by atoms with Gasteiger partial charge in [0.25, 0.3) is 0 Å². The largest absolute Gasteiger partial charge is 0.497 e. The molecule has 0 aliphatic carbocycles. The molecule has 9 heteroatoms. The molecule has 3 fully saturated rings. The molecule has 1 amide bonds. The molecule has 1 aromatic heterocycles. The average Bonchev–Trinajstić information content (AvgIpc) is 3.56. The maximum absolute atomic E-state index is 12.6. The highest BCUT2D eigenvalue weighted by Gasteiger charge is 2.50. The highest BCUT2D eigenvalue weighted by Crippen LogP contribution is 2.49. The van der Waals surface area contributed by atoms with E-state index in [9.17, 15) is 4.79 Å². The van der Waals surface area contributed by atoms with E-state index < -0.39 is 5.60 Å². The van der Waals surface area contributed by atoms with E-state index in [0.717, 1.165) is 78.7 Å². The Morgan fingerprint density at radius 2 is 2.00 bits per heavy atom. The van der Waals surface area contributed by atoms with Crippen LogP contribution in [0.15, 0.2) is 30.5 Å². The zero-order valence-corrected chi connectivity index (χ0v) is 24.7. The van der Waals surface area contributed by atoms with Crippen LogP contribution in [0.25, 0.3) is 26.9 Å². The predicted octanol–water partition coefficient (Wildman–Crippen LogP) is 6.72. The number of hydrogen-bond donors (Lipinski definition) is 0. The van der Waals surface area contributed by atoms with E-state index in [0.29, 0.717) is 24.5 Å². The summed E-state index contributed by atoms with van der Waals surface area (Å²) in [7, 11) is 1.67. The summed E-state index contributed by atoms with van der Waals surface area (Å²) >= 11 is 0. The molecule has 216 valence electrons. The molecular formula is C32H39N5O4. The van der Waals surface area contributed by atoms with Gasteiger partial charge in [0.1, 0.15) is 11.4 Å². The number of anilines is 1. The second kappa shape index (κ2) is 10.3. The summed E-state index contributed by atoms with van der Waals surface area (Å²) < 4.78 is 19.4. The van der Waals surface area contributed by atoms with Crippen LogP contribution in [0.2, 0.25) is 0 Å². The van der Waals surface area contributed by atoms with Gasteiger partial charge in [0.05, 0.1) is 25.4 Å². The molecule has 3 aliphatic rings. The van der Waals surface area contributed by atoms with Crippen LogP contribution >= 0.6 is 0 Å². The lowest BCUT2D eigenvalue weighted by atomic mass is 9.79. The lowest BCUT2D eigenvalue weighted by Gasteiger charge is -2.47. The number of methoxy groups -OCH3 is 1. The van der Waals surface area contributed by atoms with Crippen LogP contribution < -0.4 is 9.64 Å². The van der Waals surface area contributed by atoms with Crippen LogP contribution in [0.3, 0.4) is 0 Å². The first kappa shape index (κ1) is 27.4. The van der Waals surface area contributed by atoms with Crippen LogP contribution in [0.5, 0.6) is 5.75 Å². The smallest absolute Gasteiger partial charge is 0.410 e. The molecule has 1 unspecified atom stereocenters. The minimum atomic E-state index is -0.510. The molecule has 3 aliphatic heterocycles. The lowest BCUT2D eigenvalue weighted by molar-refractivity contribution is -0.0366. The number of hydrogen-bond acceptors (Lipinski definition) is 6. The fraction of sp³-hybridized carbons (Fsp3) is 0.531. The van der Waals surface area contributed by atoms with Crippen molar-refractivity contribution in [1.29, 1.82) is 0 Å². The first-order valence-electron chi connectivity index (χ1n) is 14.5. The number of carbonyl (C=O) groups excluding carboxylic acids is 1. The Balaban J connectivity index is 1.34. The first-order valence-corrected chi connectivity index (χ1v) is 14.5. The third kappa shape index (κ3) is 4.99. The molecule has 1 atom stereocenters. The Kier molecular flexibility index (Phi) is 6.85. The number of aromatic nitrogens is 2. The Labute approximate surface area is 241 Å². The molecule has 3 aromatic rings. The number of aryl methyl sites for hydroxylation is 1. The minimum Gasteiger partial charge on any atom is -0.497 e. The van der Waals surface area contributed by atoms with Crippen molar-refractivity contribution in [3.05, 3.63) is 47.4 Å². The number of fused-ring (bicyclic) bond motifs is 1. The highest BCUT2D eigenvalue weighted by molar-refractivity contribution is 6.02. The van der Waals surface area contributed by atoms with Gasteiger partial charge in [0.2, 0.25) is 5.69 Å². The van der Waals surface area contributed by atoms with Crippen molar-refractivity contribution in [2.45, 2.75) is 65.2 Å². The monoisotopic (exact) mass is 557 g/mol. The van der Waals surface area contributed by atoms with E-state index in [1.165, 1.54) is 0 Å². The fourth-order valence-corrected chi connectivity index (χ4v) is 6.61. The number of carbonyl (C=O) groups is 1. The number of benzene rings is 2. The van der Waals surface area contributed by atoms with Crippen LogP contribution in [-0.2, 0) is 9.47 Å². The Hall–Kier alpha value is -3.77. The minimum absolute atomic E-state index is 0.0104. The number of ether oxygens (including phenoxy) is 3. The average molecular weight is 558 g/mol. The van der Waals surface area contributed by atoms with Gasteiger partial charge < -0.3 is 24.0 Å². The quantitative estimate of drug-likeness (QED) is 0.332. The summed E-state index contributed by atoms with van der Waals surface area (Å²) in [6.45, 7) is 19.7. The fourth-order valence-electron chi connectivity index (χ4n) is 6.61. The number of amides is 1. The molecule has 41 heavy (non-hydrogen) atoms. The van der Waals surface area contributed by atoms with Gasteiger partial charge in [-0.1, -0.05) is 6.07 Å². The van der Waals surface area contributed by atoms with E-state index in [2.05, 4.69) is 28.8 Å². The summed E-state index contributed by atoms with van der Waals surface area (Å²) in [5, 5.41) is 5.76. The van der Waals surface area contributed by atoms with Crippen molar-refractivity contribution in [2.24, 2.45) is 5.41 Å². The highest BCUT2D eigenvalue weighted by atomic mass is 16.6. The van der Waals surface area contributed by atoms with Gasteiger partial charge in [0.15, 0.2) is 6.23 Å². The predicted molar refractivity (Wildman–Crippen MR) is 159 cm³/mol. The van der Waals surface area contributed by atoms with E-state index in [4.69, 9.17) is 25.9 Å². The van der Waals surface area contributed by atoms with Gasteiger partial charge in [-0.3, -0.25) is 0 Å². The van der Waals surface area contributed by atoms with Gasteiger partial charge in [-0.25, -0.2) is 14.3 Å². The van der Waals surface area contributed by atoms with Crippen molar-refractivity contribution >= 4 is 28.4 Å². The normalized spacial score (nSPS) is 20.2. The Bertz CT molecular complexity index is 1520. The van der Waals surface area contributed by atoms with Crippen molar-refractivity contribution in [2.75, 3.05) is 44.8 Å². The topological polar surface area (TPSA) is 73.4 Å². The maximum atomic E-state index is 12.6. The van der Waals surface area contributed by atoms with E-state index in [-0.39, 0.29) is 17.7 Å². The molecule has 0 radical (unpaired) electrons. The van der Waals surface area contributed by atoms with E-state index in [1.807, 2.05) is 43.8 Å². The maximum Gasteiger partial charge on any atom is 0.410 e. The van der Waals surface area contributed by atoms with Crippen molar-refractivity contribution in [3.63, 3.8) is 0 Å². The lowest BCUT2D eigenvalue weighted by Crippen LogP contribution is -2.60. The zero-order chi connectivity index (χ0) is 28.9. The third-order valence-corrected chi connectivity index (χ3v) is 8.58. The molecule has 0 bridgehead atoms. The van der Waals surface area contributed by atoms with Gasteiger partial charge in [0, 0.05) is 49.3 Å². The second-order valence-electron chi connectivity index (χ2n) is 12.8. The molecule has 2 aromatic carbocycles. The second-order valence-corrected chi connectivity index (χ2v) is 12.8. The number of rotatable bonds is 4. The van der Waals surface area contributed by atoms with Crippen molar-refractivity contribution < 1.29 is 19.0 Å². The molecule has 9 nitrogen and oxygen atoms in total. The van der Waals surface area contributed by atoms with Gasteiger partial charge in [-0.2, -0.15) is 5.10 Å². The summed E-state index contributed by atoms with van der Waals surface area (Å²) in [6.07, 6.45) is 5.69. The van der Waals surface area contributed by atoms with Crippen LogP contribution in [0.1, 0.15) is 58.2 Å². The molecule has 1 spiro atoms. The molecule has 3 saturated heterocycles. The van der Waals surface area contributed by atoms with Crippen LogP contribution in [-0.4, -0.2) is 66.3 Å². The van der Waals surface area contributed by atoms with E-state index >= 15 is 0 Å². The van der Waals surface area contributed by atoms with Gasteiger partial charge in [-0.05, 0) is 88.3 Å². The molecule has 4 heterocycles.